The molecule has 2 aromatic heterocycles. The van der Waals surface area contributed by atoms with Gasteiger partial charge < -0.3 is 19.9 Å². The minimum Gasteiger partial charge on any atom is -0.497 e. The van der Waals surface area contributed by atoms with Crippen LogP contribution in [-0.2, 0) is 19.5 Å². The Labute approximate surface area is 191 Å². The van der Waals surface area contributed by atoms with E-state index in [1.165, 1.54) is 0 Å². The first kappa shape index (κ1) is 20.8. The number of methoxy groups -OCH3 is 1. The summed E-state index contributed by atoms with van der Waals surface area (Å²) in [5, 5.41) is 8.45. The van der Waals surface area contributed by atoms with E-state index in [4.69, 9.17) is 4.74 Å². The number of ether oxygens (including phenoxy) is 1. The van der Waals surface area contributed by atoms with Crippen molar-refractivity contribution >= 4 is 22.7 Å². The molecule has 0 saturated heterocycles. The van der Waals surface area contributed by atoms with Crippen molar-refractivity contribution in [3.05, 3.63) is 83.3 Å². The van der Waals surface area contributed by atoms with Crippen LogP contribution in [-0.4, -0.2) is 51.7 Å². The summed E-state index contributed by atoms with van der Waals surface area (Å²) in [5.74, 6) is 0.385. The number of rotatable bonds is 7. The minimum atomic E-state index is -0.272. The molecule has 0 radical (unpaired) electrons. The van der Waals surface area contributed by atoms with Gasteiger partial charge in [-0.1, -0.05) is 30.3 Å². The van der Waals surface area contributed by atoms with Crippen LogP contribution >= 0.6 is 0 Å². The lowest BCUT2D eigenvalue weighted by molar-refractivity contribution is 0.0683. The maximum Gasteiger partial charge on any atom is 0.272 e. The third-order valence-corrected chi connectivity index (χ3v) is 5.99. The molecule has 0 unspecified atom stereocenters. The van der Waals surface area contributed by atoms with Crippen molar-refractivity contribution in [3.63, 3.8) is 0 Å². The lowest BCUT2D eigenvalue weighted by Crippen LogP contribution is -2.39. The summed E-state index contributed by atoms with van der Waals surface area (Å²) in [6.07, 6.45) is 2.68. The van der Waals surface area contributed by atoms with Crippen LogP contribution in [0.3, 0.4) is 0 Å². The van der Waals surface area contributed by atoms with Crippen molar-refractivity contribution in [2.45, 2.75) is 19.5 Å². The molecule has 3 heterocycles. The normalized spacial score (nSPS) is 13.2. The van der Waals surface area contributed by atoms with E-state index in [1.54, 1.807) is 22.8 Å². The fourth-order valence-corrected chi connectivity index (χ4v) is 4.19. The third kappa shape index (κ3) is 4.19. The number of carbonyl (C=O) groups excluding carboxylic acids is 2. The first-order valence-corrected chi connectivity index (χ1v) is 11.0. The Morgan fingerprint density at radius 1 is 1.15 bits per heavy atom. The van der Waals surface area contributed by atoms with Crippen molar-refractivity contribution in [2.75, 3.05) is 20.2 Å². The Bertz CT molecular complexity index is 1310. The Morgan fingerprint density at radius 2 is 1.97 bits per heavy atom. The predicted molar refractivity (Wildman–Crippen MR) is 124 cm³/mol. The first-order chi connectivity index (χ1) is 16.1. The van der Waals surface area contributed by atoms with Gasteiger partial charge in [0.15, 0.2) is 5.69 Å². The number of aromatic amines is 1. The van der Waals surface area contributed by atoms with Crippen molar-refractivity contribution in [1.29, 1.82) is 0 Å². The van der Waals surface area contributed by atoms with E-state index in [0.717, 1.165) is 27.8 Å². The number of para-hydroxylation sites is 1. The fourth-order valence-electron chi connectivity index (χ4n) is 4.19. The molecular formula is C25H25N5O3. The molecule has 5 rings (SSSR count). The maximum atomic E-state index is 13.0. The van der Waals surface area contributed by atoms with E-state index in [0.29, 0.717) is 38.3 Å². The van der Waals surface area contributed by atoms with E-state index >= 15 is 0 Å². The molecule has 8 heteroatoms. The van der Waals surface area contributed by atoms with Crippen LogP contribution in [0, 0.1) is 0 Å². The van der Waals surface area contributed by atoms with Gasteiger partial charge in [-0.2, -0.15) is 5.10 Å². The Morgan fingerprint density at radius 3 is 2.79 bits per heavy atom. The Hall–Kier alpha value is -4.07. The van der Waals surface area contributed by atoms with Crippen LogP contribution in [0.5, 0.6) is 5.75 Å². The average molecular weight is 444 g/mol. The Kier molecular flexibility index (Phi) is 5.56. The number of nitrogens with zero attached hydrogens (tertiary/aromatic N) is 3. The van der Waals surface area contributed by atoms with Crippen molar-refractivity contribution in [2.24, 2.45) is 0 Å². The number of benzene rings is 2. The number of H-pyrrole nitrogens is 1. The molecule has 1 aliphatic heterocycles. The van der Waals surface area contributed by atoms with Crippen LogP contribution in [0.1, 0.15) is 32.1 Å². The molecule has 33 heavy (non-hydrogen) atoms. The van der Waals surface area contributed by atoms with Gasteiger partial charge in [-0.3, -0.25) is 14.3 Å². The van der Waals surface area contributed by atoms with Gasteiger partial charge in [0.05, 0.1) is 13.7 Å². The van der Waals surface area contributed by atoms with Crippen LogP contribution in [0.15, 0.2) is 60.8 Å². The summed E-state index contributed by atoms with van der Waals surface area (Å²) in [6, 6.07) is 17.3. The number of amides is 2. The van der Waals surface area contributed by atoms with Gasteiger partial charge in [-0.15, -0.1) is 0 Å². The summed E-state index contributed by atoms with van der Waals surface area (Å²) in [4.78, 5) is 30.7. The van der Waals surface area contributed by atoms with Gasteiger partial charge in [-0.25, -0.2) is 0 Å². The zero-order valence-electron chi connectivity index (χ0n) is 18.4. The molecule has 2 aromatic carbocycles. The number of aromatic nitrogens is 3. The molecule has 2 N–H and O–H groups in total. The second-order valence-corrected chi connectivity index (χ2v) is 8.08. The van der Waals surface area contributed by atoms with Crippen molar-refractivity contribution in [3.8, 4) is 5.75 Å². The van der Waals surface area contributed by atoms with Crippen molar-refractivity contribution in [1.82, 2.24) is 25.0 Å². The molecule has 4 aromatic rings. The molecule has 0 aliphatic carbocycles. The SMILES string of the molecule is COc1ccc(CN2CCn3nc(C(=O)NCCc4c[nH]c5ccccc45)cc3C2=O)cc1. The summed E-state index contributed by atoms with van der Waals surface area (Å²) in [6.45, 7) is 2.08. The van der Waals surface area contributed by atoms with E-state index in [9.17, 15) is 9.59 Å². The quantitative estimate of drug-likeness (QED) is 0.459. The monoisotopic (exact) mass is 443 g/mol. The van der Waals surface area contributed by atoms with E-state index in [1.807, 2.05) is 48.7 Å². The first-order valence-electron chi connectivity index (χ1n) is 11.0. The zero-order chi connectivity index (χ0) is 22.8. The van der Waals surface area contributed by atoms with E-state index < -0.39 is 0 Å². The van der Waals surface area contributed by atoms with E-state index in [2.05, 4.69) is 21.5 Å². The summed E-state index contributed by atoms with van der Waals surface area (Å²) in [5.41, 5.74) is 3.96. The van der Waals surface area contributed by atoms with E-state index in [-0.39, 0.29) is 17.5 Å². The highest BCUT2D eigenvalue weighted by Gasteiger charge is 2.28. The van der Waals surface area contributed by atoms with Crippen LogP contribution in [0.25, 0.3) is 10.9 Å². The summed E-state index contributed by atoms with van der Waals surface area (Å²) < 4.78 is 6.81. The molecule has 1 aliphatic rings. The lowest BCUT2D eigenvalue weighted by atomic mass is 10.1. The largest absolute Gasteiger partial charge is 0.497 e. The molecule has 168 valence electrons. The molecule has 2 amide bonds. The molecule has 0 fully saturated rings. The fraction of sp³-hybridized carbons (Fsp3) is 0.240. The average Bonchev–Trinajstić information content (AvgIpc) is 3.46. The predicted octanol–water partition coefficient (Wildman–Crippen LogP) is 3.00. The maximum absolute atomic E-state index is 13.0. The molecule has 0 spiro atoms. The van der Waals surface area contributed by atoms with Crippen LogP contribution < -0.4 is 10.1 Å². The van der Waals surface area contributed by atoms with Gasteiger partial charge in [0.2, 0.25) is 0 Å². The zero-order valence-corrected chi connectivity index (χ0v) is 18.4. The summed E-state index contributed by atoms with van der Waals surface area (Å²) in [7, 11) is 1.63. The van der Waals surface area contributed by atoms with Gasteiger partial charge >= 0.3 is 0 Å². The highest BCUT2D eigenvalue weighted by atomic mass is 16.5. The van der Waals surface area contributed by atoms with Crippen molar-refractivity contribution < 1.29 is 14.3 Å². The molecule has 0 bridgehead atoms. The second-order valence-electron chi connectivity index (χ2n) is 8.08. The smallest absolute Gasteiger partial charge is 0.272 e. The van der Waals surface area contributed by atoms with Gasteiger partial charge in [0.1, 0.15) is 11.4 Å². The third-order valence-electron chi connectivity index (χ3n) is 5.99. The highest BCUT2D eigenvalue weighted by molar-refractivity contribution is 5.98. The Balaban J connectivity index is 1.21. The molecule has 8 nitrogen and oxygen atoms in total. The topological polar surface area (TPSA) is 92.2 Å². The molecule has 0 atom stereocenters. The van der Waals surface area contributed by atoms with Crippen LogP contribution in [0.4, 0.5) is 0 Å². The number of hydrogen-bond donors (Lipinski definition) is 2. The molecular weight excluding hydrogens is 418 g/mol. The lowest BCUT2D eigenvalue weighted by Gasteiger charge is -2.27. The van der Waals surface area contributed by atoms with Gasteiger partial charge in [0.25, 0.3) is 11.8 Å². The number of hydrogen-bond acceptors (Lipinski definition) is 4. The number of fused-ring (bicyclic) bond motifs is 2. The second kappa shape index (κ2) is 8.82. The van der Waals surface area contributed by atoms with Crippen LogP contribution in [0.2, 0.25) is 0 Å². The van der Waals surface area contributed by atoms with Gasteiger partial charge in [0, 0.05) is 42.8 Å². The number of nitrogens with one attached hydrogen (secondary N) is 2. The minimum absolute atomic E-state index is 0.123. The standard InChI is InChI=1S/C25H25N5O3/c1-33-19-8-6-17(7-9-19)16-29-12-13-30-23(25(29)32)14-22(28-30)24(31)26-11-10-18-15-27-21-5-3-2-4-20(18)21/h2-9,14-15,27H,10-13,16H2,1H3,(H,26,31). The highest BCUT2D eigenvalue weighted by Crippen LogP contribution is 2.19. The number of carbonyl (C=O) groups is 2. The summed E-state index contributed by atoms with van der Waals surface area (Å²) >= 11 is 0. The molecule has 0 saturated carbocycles. The van der Waals surface area contributed by atoms with Gasteiger partial charge in [-0.05, 0) is 35.7 Å².